The largest absolute Gasteiger partial charge is 0.352 e. The molecule has 1 aliphatic heterocycles. The van der Waals surface area contributed by atoms with Crippen LogP contribution in [0.25, 0.3) is 0 Å². The van der Waals surface area contributed by atoms with Crippen molar-refractivity contribution in [1.82, 2.24) is 10.2 Å². The Morgan fingerprint density at radius 1 is 1.15 bits per heavy atom. The minimum atomic E-state index is -0.0910. The number of allylic oxidation sites excluding steroid dienone is 1. The Bertz CT molecular complexity index is 695. The van der Waals surface area contributed by atoms with Crippen molar-refractivity contribution < 1.29 is 9.59 Å². The molecule has 2 amide bonds. The fourth-order valence-electron chi connectivity index (χ4n) is 4.22. The van der Waals surface area contributed by atoms with Crippen molar-refractivity contribution in [2.24, 2.45) is 0 Å². The number of likely N-dealkylation sites (tertiary alicyclic amines) is 1. The standard InChI is InChI=1S/C23H32N2O2/c1-2-21-13-6-7-16-25(21)23(27)20-12-8-11-19(17-20)22(26)24-15-14-18-9-4-3-5-10-18/h8-9,11-12,17,21H,2-7,10,13-16H2,1H3,(H,24,26). The minimum Gasteiger partial charge on any atom is -0.352 e. The van der Waals surface area contributed by atoms with Crippen LogP contribution in [0, 0.1) is 0 Å². The number of benzene rings is 1. The third kappa shape index (κ3) is 5.21. The molecule has 0 radical (unpaired) electrons. The monoisotopic (exact) mass is 368 g/mol. The predicted octanol–water partition coefficient (Wildman–Crippen LogP) is 4.71. The van der Waals surface area contributed by atoms with Crippen LogP contribution in [0.2, 0.25) is 0 Å². The number of nitrogens with one attached hydrogen (secondary N) is 1. The van der Waals surface area contributed by atoms with Gasteiger partial charge in [0.1, 0.15) is 0 Å². The molecule has 27 heavy (non-hydrogen) atoms. The first-order chi connectivity index (χ1) is 13.2. The molecule has 0 spiro atoms. The van der Waals surface area contributed by atoms with Crippen molar-refractivity contribution in [3.05, 3.63) is 47.0 Å². The van der Waals surface area contributed by atoms with Gasteiger partial charge in [-0.2, -0.15) is 0 Å². The van der Waals surface area contributed by atoms with E-state index in [-0.39, 0.29) is 11.8 Å². The zero-order valence-corrected chi connectivity index (χ0v) is 16.5. The Labute approximate surface area is 163 Å². The van der Waals surface area contributed by atoms with E-state index in [4.69, 9.17) is 0 Å². The van der Waals surface area contributed by atoms with Crippen molar-refractivity contribution in [2.75, 3.05) is 13.1 Å². The maximum absolute atomic E-state index is 13.0. The predicted molar refractivity (Wildman–Crippen MR) is 109 cm³/mol. The topological polar surface area (TPSA) is 49.4 Å². The molecule has 1 fully saturated rings. The highest BCUT2D eigenvalue weighted by Gasteiger charge is 2.26. The number of rotatable bonds is 6. The third-order valence-corrected chi connectivity index (χ3v) is 5.85. The molecule has 1 aliphatic carbocycles. The molecule has 1 atom stereocenters. The van der Waals surface area contributed by atoms with Gasteiger partial charge in [-0.15, -0.1) is 0 Å². The van der Waals surface area contributed by atoms with Gasteiger partial charge in [-0.1, -0.05) is 24.6 Å². The summed E-state index contributed by atoms with van der Waals surface area (Å²) < 4.78 is 0. The number of hydrogen-bond acceptors (Lipinski definition) is 2. The lowest BCUT2D eigenvalue weighted by Gasteiger charge is -2.35. The third-order valence-electron chi connectivity index (χ3n) is 5.85. The molecule has 1 saturated heterocycles. The first-order valence-corrected chi connectivity index (χ1v) is 10.6. The SMILES string of the molecule is CCC1CCCCN1C(=O)c1cccc(C(=O)NCCC2=CCCCC2)c1. The molecular formula is C23H32N2O2. The van der Waals surface area contributed by atoms with Gasteiger partial charge in [-0.05, 0) is 76.0 Å². The zero-order chi connectivity index (χ0) is 19.1. The van der Waals surface area contributed by atoms with Crippen molar-refractivity contribution in [1.29, 1.82) is 0 Å². The highest BCUT2D eigenvalue weighted by atomic mass is 16.2. The lowest BCUT2D eigenvalue weighted by Crippen LogP contribution is -2.43. The number of nitrogens with zero attached hydrogens (tertiary/aromatic N) is 1. The van der Waals surface area contributed by atoms with Gasteiger partial charge in [0.25, 0.3) is 11.8 Å². The Balaban J connectivity index is 1.59. The van der Waals surface area contributed by atoms with Crippen LogP contribution in [0.1, 0.15) is 85.4 Å². The average molecular weight is 369 g/mol. The molecule has 1 heterocycles. The van der Waals surface area contributed by atoms with Crippen LogP contribution in [0.3, 0.4) is 0 Å². The lowest BCUT2D eigenvalue weighted by molar-refractivity contribution is 0.0608. The van der Waals surface area contributed by atoms with E-state index in [1.807, 2.05) is 17.0 Å². The van der Waals surface area contributed by atoms with E-state index in [0.29, 0.717) is 23.7 Å². The summed E-state index contributed by atoms with van der Waals surface area (Å²) in [7, 11) is 0. The Hall–Kier alpha value is -2.10. The molecule has 1 unspecified atom stereocenters. The van der Waals surface area contributed by atoms with Crippen molar-refractivity contribution in [3.8, 4) is 0 Å². The molecule has 1 aromatic carbocycles. The maximum atomic E-state index is 13.0. The van der Waals surface area contributed by atoms with Gasteiger partial charge in [0.15, 0.2) is 0 Å². The zero-order valence-electron chi connectivity index (χ0n) is 16.5. The van der Waals surface area contributed by atoms with E-state index in [0.717, 1.165) is 38.6 Å². The summed E-state index contributed by atoms with van der Waals surface area (Å²) in [5.74, 6) is -0.0321. The van der Waals surface area contributed by atoms with Crippen molar-refractivity contribution in [2.45, 2.75) is 70.8 Å². The summed E-state index contributed by atoms with van der Waals surface area (Å²) in [5, 5.41) is 3.01. The van der Waals surface area contributed by atoms with Crippen LogP contribution in [0.15, 0.2) is 35.9 Å². The van der Waals surface area contributed by atoms with Gasteiger partial charge >= 0.3 is 0 Å². The first kappa shape index (κ1) is 19.7. The second kappa shape index (κ2) is 9.72. The van der Waals surface area contributed by atoms with Gasteiger partial charge in [0.05, 0.1) is 0 Å². The number of piperidine rings is 1. The highest BCUT2D eigenvalue weighted by molar-refractivity contribution is 5.99. The average Bonchev–Trinajstić information content (AvgIpc) is 2.74. The molecule has 1 N–H and O–H groups in total. The van der Waals surface area contributed by atoms with Crippen LogP contribution in [-0.4, -0.2) is 35.8 Å². The molecule has 146 valence electrons. The summed E-state index contributed by atoms with van der Waals surface area (Å²) in [4.78, 5) is 27.4. The van der Waals surface area contributed by atoms with Crippen LogP contribution in [-0.2, 0) is 0 Å². The Morgan fingerprint density at radius 3 is 2.78 bits per heavy atom. The maximum Gasteiger partial charge on any atom is 0.254 e. The highest BCUT2D eigenvalue weighted by Crippen LogP contribution is 2.22. The summed E-state index contributed by atoms with van der Waals surface area (Å²) in [6.07, 6.45) is 12.5. The van der Waals surface area contributed by atoms with Crippen molar-refractivity contribution in [3.63, 3.8) is 0 Å². The molecule has 2 aliphatic rings. The van der Waals surface area contributed by atoms with Gasteiger partial charge in [-0.3, -0.25) is 9.59 Å². The molecule has 0 aromatic heterocycles. The fraction of sp³-hybridized carbons (Fsp3) is 0.565. The molecule has 3 rings (SSSR count). The van der Waals surface area contributed by atoms with Gasteiger partial charge < -0.3 is 10.2 Å². The van der Waals surface area contributed by atoms with Crippen molar-refractivity contribution >= 4 is 11.8 Å². The normalized spacial score (nSPS) is 20.1. The molecule has 0 saturated carbocycles. The van der Waals surface area contributed by atoms with E-state index in [1.165, 1.54) is 31.3 Å². The second-order valence-electron chi connectivity index (χ2n) is 7.75. The molecule has 4 nitrogen and oxygen atoms in total. The molecular weight excluding hydrogens is 336 g/mol. The van der Waals surface area contributed by atoms with E-state index in [2.05, 4.69) is 18.3 Å². The smallest absolute Gasteiger partial charge is 0.254 e. The molecule has 1 aromatic rings. The Morgan fingerprint density at radius 2 is 2.00 bits per heavy atom. The lowest BCUT2D eigenvalue weighted by atomic mass is 9.97. The summed E-state index contributed by atoms with van der Waals surface area (Å²) in [6.45, 7) is 3.62. The first-order valence-electron chi connectivity index (χ1n) is 10.6. The number of amides is 2. The van der Waals surface area contributed by atoms with E-state index < -0.39 is 0 Å². The quantitative estimate of drug-likeness (QED) is 0.739. The van der Waals surface area contributed by atoms with Crippen LogP contribution < -0.4 is 5.32 Å². The minimum absolute atomic E-state index is 0.0589. The van der Waals surface area contributed by atoms with E-state index >= 15 is 0 Å². The summed E-state index contributed by atoms with van der Waals surface area (Å²) in [6, 6.07) is 7.51. The summed E-state index contributed by atoms with van der Waals surface area (Å²) in [5.41, 5.74) is 2.66. The van der Waals surface area contributed by atoms with Gasteiger partial charge in [0.2, 0.25) is 0 Å². The molecule has 0 bridgehead atoms. The summed E-state index contributed by atoms with van der Waals surface area (Å²) >= 11 is 0. The fourth-order valence-corrected chi connectivity index (χ4v) is 4.22. The van der Waals surface area contributed by atoms with Gasteiger partial charge in [0, 0.05) is 30.3 Å². The van der Waals surface area contributed by atoms with Gasteiger partial charge in [-0.25, -0.2) is 0 Å². The van der Waals surface area contributed by atoms with Crippen LogP contribution in [0.4, 0.5) is 0 Å². The van der Waals surface area contributed by atoms with Crippen LogP contribution in [0.5, 0.6) is 0 Å². The second-order valence-corrected chi connectivity index (χ2v) is 7.75. The van der Waals surface area contributed by atoms with E-state index in [9.17, 15) is 9.59 Å². The number of carbonyl (C=O) groups is 2. The molecule has 4 heteroatoms. The number of carbonyl (C=O) groups excluding carboxylic acids is 2. The van der Waals surface area contributed by atoms with E-state index in [1.54, 1.807) is 12.1 Å². The Kier molecular flexibility index (Phi) is 7.08. The number of hydrogen-bond donors (Lipinski definition) is 1. The van der Waals surface area contributed by atoms with Crippen LogP contribution >= 0.6 is 0 Å².